The summed E-state index contributed by atoms with van der Waals surface area (Å²) in [6.07, 6.45) is 0. The molecule has 94 valence electrons. The van der Waals surface area contributed by atoms with E-state index < -0.39 is 5.97 Å². The van der Waals surface area contributed by atoms with Crippen molar-refractivity contribution in [1.29, 1.82) is 0 Å². The average Bonchev–Trinajstić information content (AvgIpc) is 2.56. The molecule has 0 spiro atoms. The van der Waals surface area contributed by atoms with E-state index in [2.05, 4.69) is 5.10 Å². The monoisotopic (exact) mass is 284 g/mol. The van der Waals surface area contributed by atoms with Gasteiger partial charge in [-0.2, -0.15) is 5.10 Å². The van der Waals surface area contributed by atoms with Gasteiger partial charge in [-0.1, -0.05) is 23.2 Å². The molecule has 0 amide bonds. The second-order valence-corrected chi connectivity index (χ2v) is 4.68. The Kier molecular flexibility index (Phi) is 3.32. The maximum absolute atomic E-state index is 11.2. The normalized spacial score (nSPS) is 10.7. The van der Waals surface area contributed by atoms with Crippen molar-refractivity contribution in [2.75, 3.05) is 0 Å². The highest BCUT2D eigenvalue weighted by Gasteiger charge is 2.17. The van der Waals surface area contributed by atoms with E-state index >= 15 is 0 Å². The van der Waals surface area contributed by atoms with Gasteiger partial charge in [-0.05, 0) is 32.0 Å². The maximum Gasteiger partial charge on any atom is 0.337 e. The van der Waals surface area contributed by atoms with E-state index in [0.717, 1.165) is 0 Å². The first kappa shape index (κ1) is 12.9. The molecule has 0 saturated carbocycles. The standard InChI is InChI=1S/C12H10Cl2N2O2/c1-6-11(14)7(2)16(15-6)10-5-8(13)3-4-9(10)12(17)18/h3-5H,1-2H3,(H,17,18). The molecule has 1 aromatic heterocycles. The van der Waals surface area contributed by atoms with Crippen LogP contribution in [0, 0.1) is 13.8 Å². The Bertz CT molecular complexity index is 635. The second kappa shape index (κ2) is 4.63. The van der Waals surface area contributed by atoms with Gasteiger partial charge in [-0.3, -0.25) is 0 Å². The lowest BCUT2D eigenvalue weighted by Crippen LogP contribution is -2.08. The van der Waals surface area contributed by atoms with Crippen molar-refractivity contribution in [3.8, 4) is 5.69 Å². The van der Waals surface area contributed by atoms with Crippen LogP contribution in [-0.2, 0) is 0 Å². The number of aromatic nitrogens is 2. The third-order valence-electron chi connectivity index (χ3n) is 2.62. The summed E-state index contributed by atoms with van der Waals surface area (Å²) in [7, 11) is 0. The second-order valence-electron chi connectivity index (χ2n) is 3.86. The SMILES string of the molecule is Cc1nn(-c2cc(Cl)ccc2C(=O)O)c(C)c1Cl. The molecule has 0 fully saturated rings. The van der Waals surface area contributed by atoms with Crippen LogP contribution in [0.15, 0.2) is 18.2 Å². The van der Waals surface area contributed by atoms with Crippen LogP contribution in [0.3, 0.4) is 0 Å². The van der Waals surface area contributed by atoms with Gasteiger partial charge < -0.3 is 5.11 Å². The van der Waals surface area contributed by atoms with E-state index in [0.29, 0.717) is 27.1 Å². The molecule has 1 heterocycles. The first-order valence-electron chi connectivity index (χ1n) is 5.16. The summed E-state index contributed by atoms with van der Waals surface area (Å²) in [5, 5.41) is 14.4. The van der Waals surface area contributed by atoms with Crippen molar-refractivity contribution >= 4 is 29.2 Å². The molecule has 0 saturated heterocycles. The molecular formula is C12H10Cl2N2O2. The zero-order valence-corrected chi connectivity index (χ0v) is 11.2. The summed E-state index contributed by atoms with van der Waals surface area (Å²) in [6, 6.07) is 4.53. The number of aromatic carboxylic acids is 1. The molecule has 18 heavy (non-hydrogen) atoms. The quantitative estimate of drug-likeness (QED) is 0.918. The van der Waals surface area contributed by atoms with Crippen molar-refractivity contribution in [1.82, 2.24) is 9.78 Å². The van der Waals surface area contributed by atoms with Gasteiger partial charge in [0, 0.05) is 5.02 Å². The fourth-order valence-corrected chi connectivity index (χ4v) is 2.00. The molecule has 4 nitrogen and oxygen atoms in total. The largest absolute Gasteiger partial charge is 0.478 e. The first-order chi connectivity index (χ1) is 8.41. The smallest absolute Gasteiger partial charge is 0.337 e. The van der Waals surface area contributed by atoms with Crippen LogP contribution in [0.1, 0.15) is 21.7 Å². The molecule has 0 aliphatic carbocycles. The Hall–Kier alpha value is -1.52. The lowest BCUT2D eigenvalue weighted by Gasteiger charge is -2.08. The molecule has 1 N–H and O–H groups in total. The number of carboxylic acid groups (broad SMARTS) is 1. The number of hydrogen-bond acceptors (Lipinski definition) is 2. The molecule has 2 aromatic rings. The van der Waals surface area contributed by atoms with E-state index in [4.69, 9.17) is 28.3 Å². The summed E-state index contributed by atoms with van der Waals surface area (Å²) in [5.74, 6) is -1.04. The third kappa shape index (κ3) is 2.09. The van der Waals surface area contributed by atoms with E-state index in [1.54, 1.807) is 19.9 Å². The minimum atomic E-state index is -1.04. The van der Waals surface area contributed by atoms with Crippen molar-refractivity contribution in [3.05, 3.63) is 45.2 Å². The average molecular weight is 285 g/mol. The highest BCUT2D eigenvalue weighted by Crippen LogP contribution is 2.26. The molecule has 0 radical (unpaired) electrons. The number of carboxylic acids is 1. The predicted octanol–water partition coefficient (Wildman–Crippen LogP) is 3.49. The number of rotatable bonds is 2. The molecule has 6 heteroatoms. The Morgan fingerprint density at radius 1 is 1.33 bits per heavy atom. The highest BCUT2D eigenvalue weighted by molar-refractivity contribution is 6.32. The van der Waals surface area contributed by atoms with E-state index in [1.165, 1.54) is 16.8 Å². The summed E-state index contributed by atoms with van der Waals surface area (Å²) < 4.78 is 1.49. The molecule has 0 aliphatic heterocycles. The van der Waals surface area contributed by atoms with Gasteiger partial charge in [-0.25, -0.2) is 9.48 Å². The van der Waals surface area contributed by atoms with Crippen molar-refractivity contribution in [3.63, 3.8) is 0 Å². The van der Waals surface area contributed by atoms with Crippen LogP contribution in [0.2, 0.25) is 10.0 Å². The number of nitrogens with zero attached hydrogens (tertiary/aromatic N) is 2. The first-order valence-corrected chi connectivity index (χ1v) is 5.92. The Morgan fingerprint density at radius 2 is 2.00 bits per heavy atom. The Morgan fingerprint density at radius 3 is 2.50 bits per heavy atom. The molecule has 0 unspecified atom stereocenters. The highest BCUT2D eigenvalue weighted by atomic mass is 35.5. The van der Waals surface area contributed by atoms with E-state index in [-0.39, 0.29) is 5.56 Å². The van der Waals surface area contributed by atoms with Crippen LogP contribution in [-0.4, -0.2) is 20.9 Å². The van der Waals surface area contributed by atoms with Gasteiger partial charge in [0.1, 0.15) is 0 Å². The third-order valence-corrected chi connectivity index (χ3v) is 3.40. The number of aryl methyl sites for hydroxylation is 1. The molecule has 0 aliphatic rings. The lowest BCUT2D eigenvalue weighted by atomic mass is 10.2. The van der Waals surface area contributed by atoms with Gasteiger partial charge >= 0.3 is 5.97 Å². The Labute approximate surface area is 114 Å². The summed E-state index contributed by atoms with van der Waals surface area (Å²) in [4.78, 5) is 11.2. The number of halogens is 2. The summed E-state index contributed by atoms with van der Waals surface area (Å²) >= 11 is 12.0. The number of hydrogen-bond donors (Lipinski definition) is 1. The van der Waals surface area contributed by atoms with Gasteiger partial charge in [0.15, 0.2) is 0 Å². The van der Waals surface area contributed by atoms with Crippen molar-refractivity contribution < 1.29 is 9.90 Å². The van der Waals surface area contributed by atoms with Gasteiger partial charge in [-0.15, -0.1) is 0 Å². The van der Waals surface area contributed by atoms with Gasteiger partial charge in [0.2, 0.25) is 0 Å². The number of carbonyl (C=O) groups is 1. The predicted molar refractivity (Wildman–Crippen MR) is 70.0 cm³/mol. The minimum absolute atomic E-state index is 0.127. The lowest BCUT2D eigenvalue weighted by molar-refractivity contribution is 0.0696. The summed E-state index contributed by atoms with van der Waals surface area (Å²) in [6.45, 7) is 3.53. The van der Waals surface area contributed by atoms with Crippen molar-refractivity contribution in [2.45, 2.75) is 13.8 Å². The van der Waals surface area contributed by atoms with Crippen LogP contribution in [0.5, 0.6) is 0 Å². The molecule has 0 bridgehead atoms. The van der Waals surface area contributed by atoms with Gasteiger partial charge in [0.05, 0.1) is 27.7 Å². The maximum atomic E-state index is 11.2. The van der Waals surface area contributed by atoms with Crippen LogP contribution < -0.4 is 0 Å². The topological polar surface area (TPSA) is 55.1 Å². The zero-order valence-electron chi connectivity index (χ0n) is 9.74. The Balaban J connectivity index is 2.73. The van der Waals surface area contributed by atoms with Gasteiger partial charge in [0.25, 0.3) is 0 Å². The summed E-state index contributed by atoms with van der Waals surface area (Å²) in [5.41, 5.74) is 1.86. The zero-order chi connectivity index (χ0) is 13.4. The van der Waals surface area contributed by atoms with Crippen LogP contribution >= 0.6 is 23.2 Å². The molecule has 2 rings (SSSR count). The minimum Gasteiger partial charge on any atom is -0.478 e. The molecule has 1 aromatic carbocycles. The van der Waals surface area contributed by atoms with E-state index in [9.17, 15) is 4.79 Å². The fourth-order valence-electron chi connectivity index (χ4n) is 1.72. The van der Waals surface area contributed by atoms with Crippen LogP contribution in [0.25, 0.3) is 5.69 Å². The molecular weight excluding hydrogens is 275 g/mol. The molecule has 0 atom stereocenters. The van der Waals surface area contributed by atoms with E-state index in [1.807, 2.05) is 0 Å². The number of benzene rings is 1. The van der Waals surface area contributed by atoms with Crippen molar-refractivity contribution in [2.24, 2.45) is 0 Å². The fraction of sp³-hybridized carbons (Fsp3) is 0.167. The van der Waals surface area contributed by atoms with Crippen LogP contribution in [0.4, 0.5) is 0 Å².